The van der Waals surface area contributed by atoms with Crippen molar-refractivity contribution in [1.82, 2.24) is 0 Å². The van der Waals surface area contributed by atoms with Gasteiger partial charge in [0.05, 0.1) is 0 Å². The van der Waals surface area contributed by atoms with Crippen molar-refractivity contribution in [2.24, 2.45) is 0 Å². The summed E-state index contributed by atoms with van der Waals surface area (Å²) >= 11 is 1.52. The van der Waals surface area contributed by atoms with Gasteiger partial charge in [0.2, 0.25) is 0 Å². The van der Waals surface area contributed by atoms with Gasteiger partial charge in [0, 0.05) is 0 Å². The van der Waals surface area contributed by atoms with E-state index >= 15 is 0 Å². The van der Waals surface area contributed by atoms with E-state index in [9.17, 15) is 0 Å². The zero-order valence-corrected chi connectivity index (χ0v) is 22.6. The maximum Gasteiger partial charge on any atom is -1.00 e. The molecule has 153 valence electrons. The first-order chi connectivity index (χ1) is 14.1. The van der Waals surface area contributed by atoms with Gasteiger partial charge in [-0.05, 0) is 0 Å². The zero-order valence-electron chi connectivity index (χ0n) is 17.6. The van der Waals surface area contributed by atoms with Crippen LogP contribution in [0, 0.1) is 4.81 Å². The van der Waals surface area contributed by atoms with Crippen LogP contribution < -0.4 is 30.0 Å². The van der Waals surface area contributed by atoms with Crippen LogP contribution >= 0.6 is 0 Å². The van der Waals surface area contributed by atoms with Crippen LogP contribution in [-0.4, -0.2) is 8.41 Å². The summed E-state index contributed by atoms with van der Waals surface area (Å²) in [4.78, 5) is 1.59. The molecule has 2 aliphatic rings. The molecule has 0 spiro atoms. The Morgan fingerprint density at radius 2 is 1.55 bits per heavy atom. The van der Waals surface area contributed by atoms with Gasteiger partial charge in [0.25, 0.3) is 0 Å². The standard InChI is InChI=1S/C27H23Si.2ClH.Zr/c1-28(2)26-14-8-12-21-18-24(23-16-15-20-11-6-7-13-22(20)23)25(27(21)26)17-19-9-4-3-5-10-19;;;/h3-16,23H,17H2,1-2H3;2*1H;/q;;;+2/p-2. The minimum Gasteiger partial charge on any atom is -1.00 e. The van der Waals surface area contributed by atoms with E-state index in [2.05, 4.69) is 98.0 Å². The summed E-state index contributed by atoms with van der Waals surface area (Å²) in [5.41, 5.74) is 8.86. The fourth-order valence-electron chi connectivity index (χ4n) is 4.76. The van der Waals surface area contributed by atoms with Crippen LogP contribution in [0.25, 0.3) is 14.9 Å². The molecule has 2 aliphatic carbocycles. The zero-order chi connectivity index (χ0) is 20.0. The quantitative estimate of drug-likeness (QED) is 0.405. The molecule has 0 nitrogen and oxygen atoms in total. The van der Waals surface area contributed by atoms with Crippen LogP contribution in [0.3, 0.4) is 0 Å². The summed E-state index contributed by atoms with van der Waals surface area (Å²) in [6.45, 7) is 4.85. The first kappa shape index (κ1) is 24.3. The van der Waals surface area contributed by atoms with E-state index in [1.807, 2.05) is 0 Å². The van der Waals surface area contributed by atoms with Crippen molar-refractivity contribution in [3.63, 3.8) is 0 Å². The molecule has 0 heterocycles. The molecular formula is C27H23Cl2SiZr. The summed E-state index contributed by atoms with van der Waals surface area (Å²) < 4.78 is 1.55. The third-order valence-corrected chi connectivity index (χ3v) is 8.92. The van der Waals surface area contributed by atoms with Crippen LogP contribution in [-0.2, 0) is 31.1 Å². The third kappa shape index (κ3) is 4.33. The van der Waals surface area contributed by atoms with Crippen molar-refractivity contribution in [3.8, 4) is 0 Å². The van der Waals surface area contributed by atoms with Gasteiger partial charge >= 0.3 is 190 Å². The van der Waals surface area contributed by atoms with Gasteiger partial charge in [-0.3, -0.25) is 0 Å². The Kier molecular flexibility index (Phi) is 7.92. The Morgan fingerprint density at radius 1 is 0.839 bits per heavy atom. The molecule has 0 saturated heterocycles. The molecule has 0 radical (unpaired) electrons. The van der Waals surface area contributed by atoms with Crippen LogP contribution in [0.1, 0.15) is 28.2 Å². The van der Waals surface area contributed by atoms with Gasteiger partial charge in [0.1, 0.15) is 0 Å². The fraction of sp³-hybridized carbons (Fsp3) is 0.148. The molecule has 1 atom stereocenters. The first-order valence-corrected chi connectivity index (χ1v) is 14.0. The number of halogens is 2. The van der Waals surface area contributed by atoms with E-state index in [0.717, 1.165) is 6.42 Å². The number of benzene rings is 3. The van der Waals surface area contributed by atoms with E-state index < -0.39 is 8.41 Å². The molecule has 0 N–H and O–H groups in total. The Morgan fingerprint density at radius 3 is 2.29 bits per heavy atom. The molecule has 31 heavy (non-hydrogen) atoms. The van der Waals surface area contributed by atoms with Crippen molar-refractivity contribution in [3.05, 3.63) is 117 Å². The van der Waals surface area contributed by atoms with Crippen molar-refractivity contribution in [1.29, 1.82) is 0 Å². The van der Waals surface area contributed by atoms with Gasteiger partial charge in [-0.25, -0.2) is 0 Å². The molecule has 0 saturated carbocycles. The van der Waals surface area contributed by atoms with Crippen LogP contribution in [0.15, 0.2) is 84.4 Å². The summed E-state index contributed by atoms with van der Waals surface area (Å²) in [5.74, 6) is 0.379. The topological polar surface area (TPSA) is 0 Å². The normalized spacial score (nSPS) is 15.9. The smallest absolute Gasteiger partial charge is 1.00 e. The Balaban J connectivity index is 0.00000136. The molecule has 0 aliphatic heterocycles. The van der Waals surface area contributed by atoms with E-state index in [-0.39, 0.29) is 24.8 Å². The van der Waals surface area contributed by atoms with Gasteiger partial charge in [0.15, 0.2) is 0 Å². The second kappa shape index (κ2) is 10.1. The van der Waals surface area contributed by atoms with Crippen molar-refractivity contribution in [2.75, 3.05) is 0 Å². The second-order valence-corrected chi connectivity index (χ2v) is 11.9. The maximum atomic E-state index is 2.42. The molecule has 1 unspecified atom stereocenters. The summed E-state index contributed by atoms with van der Waals surface area (Å²) in [6.07, 6.45) is 5.75. The summed E-state index contributed by atoms with van der Waals surface area (Å²) in [7, 11) is -0.545. The molecule has 5 rings (SSSR count). The van der Waals surface area contributed by atoms with E-state index in [1.165, 1.54) is 47.0 Å². The number of allylic oxidation sites excluding steroid dienone is 2. The summed E-state index contributed by atoms with van der Waals surface area (Å²) in [6, 6.07) is 26.9. The molecule has 0 fully saturated rings. The van der Waals surface area contributed by atoms with Gasteiger partial charge in [-0.2, -0.15) is 0 Å². The minimum atomic E-state index is -0.545. The van der Waals surface area contributed by atoms with E-state index in [1.54, 1.807) is 24.5 Å². The second-order valence-electron chi connectivity index (χ2n) is 8.12. The van der Waals surface area contributed by atoms with Crippen molar-refractivity contribution in [2.45, 2.75) is 25.4 Å². The van der Waals surface area contributed by atoms with Gasteiger partial charge in [-0.1, -0.05) is 0 Å². The monoisotopic (exact) mass is 535 g/mol. The number of hydrogen-bond acceptors (Lipinski definition) is 0. The SMILES string of the molecule is C[Si](C)=c1cccc2c1=C(Cc1ccccc1)C(C1C=Cc3ccccc31)=[C]2[Zr+2].[Cl-].[Cl-]. The summed E-state index contributed by atoms with van der Waals surface area (Å²) in [5, 5.41) is 1.55. The first-order valence-electron chi connectivity index (χ1n) is 10.2. The molecule has 3 aromatic rings. The number of fused-ring (bicyclic) bond motifs is 2. The molecular weight excluding hydrogens is 515 g/mol. The molecule has 4 heteroatoms. The number of hydrogen-bond donors (Lipinski definition) is 0. The van der Waals surface area contributed by atoms with Gasteiger partial charge < -0.3 is 24.8 Å². The number of rotatable bonds is 3. The molecule has 0 bridgehead atoms. The minimum absolute atomic E-state index is 0. The largest absolute Gasteiger partial charge is 1.00 e. The molecule has 0 amide bonds. The fourth-order valence-corrected chi connectivity index (χ4v) is 7.24. The molecule has 3 aromatic carbocycles. The van der Waals surface area contributed by atoms with Crippen LogP contribution in [0.5, 0.6) is 0 Å². The Bertz CT molecular complexity index is 1300. The van der Waals surface area contributed by atoms with Gasteiger partial charge in [-0.15, -0.1) is 0 Å². The van der Waals surface area contributed by atoms with Crippen molar-refractivity contribution >= 4 is 23.3 Å². The molecule has 0 aromatic heterocycles. The van der Waals surface area contributed by atoms with Crippen molar-refractivity contribution < 1.29 is 49.5 Å². The van der Waals surface area contributed by atoms with Crippen LogP contribution in [0.2, 0.25) is 13.1 Å². The Hall–Kier alpha value is -1.31. The maximum absolute atomic E-state index is 2.42. The predicted molar refractivity (Wildman–Crippen MR) is 121 cm³/mol. The van der Waals surface area contributed by atoms with E-state index in [4.69, 9.17) is 0 Å². The third-order valence-electron chi connectivity index (χ3n) is 6.10. The van der Waals surface area contributed by atoms with E-state index in [0.29, 0.717) is 5.92 Å². The average molecular weight is 538 g/mol. The Labute approximate surface area is 213 Å². The average Bonchev–Trinajstić information content (AvgIpc) is 3.28. The predicted octanol–water partition coefficient (Wildman–Crippen LogP) is -0.243. The van der Waals surface area contributed by atoms with Crippen LogP contribution in [0.4, 0.5) is 0 Å².